The van der Waals surface area contributed by atoms with Crippen LogP contribution in [0, 0.1) is 0 Å². The van der Waals surface area contributed by atoms with E-state index < -0.39 is 6.03 Å². The highest BCUT2D eigenvalue weighted by Gasteiger charge is 2.28. The molecular formula is C14H18N4O3. The lowest BCUT2D eigenvalue weighted by atomic mass is 10.2. The molecule has 1 aromatic rings. The summed E-state index contributed by atoms with van der Waals surface area (Å²) in [7, 11) is 0. The number of imide groups is 1. The quantitative estimate of drug-likeness (QED) is 0.660. The first-order chi connectivity index (χ1) is 10.1. The van der Waals surface area contributed by atoms with Gasteiger partial charge in [-0.15, -0.1) is 0 Å². The van der Waals surface area contributed by atoms with Gasteiger partial charge in [0.15, 0.2) is 0 Å². The van der Waals surface area contributed by atoms with Crippen molar-refractivity contribution in [3.63, 3.8) is 0 Å². The van der Waals surface area contributed by atoms with E-state index in [2.05, 4.69) is 10.6 Å². The molecule has 2 rings (SSSR count). The number of rotatable bonds is 6. The van der Waals surface area contributed by atoms with Gasteiger partial charge in [0, 0.05) is 12.1 Å². The molecule has 21 heavy (non-hydrogen) atoms. The largest absolute Gasteiger partial charge is 0.330 e. The fourth-order valence-corrected chi connectivity index (χ4v) is 2.03. The van der Waals surface area contributed by atoms with Crippen LogP contribution >= 0.6 is 0 Å². The molecule has 1 saturated heterocycles. The molecule has 0 atom stereocenters. The van der Waals surface area contributed by atoms with Gasteiger partial charge in [0.2, 0.25) is 11.8 Å². The number of nitrogens with one attached hydrogen (secondary N) is 2. The van der Waals surface area contributed by atoms with Gasteiger partial charge in [0.1, 0.15) is 0 Å². The van der Waals surface area contributed by atoms with Crippen molar-refractivity contribution in [2.45, 2.75) is 19.4 Å². The number of urea groups is 1. The van der Waals surface area contributed by atoms with Gasteiger partial charge in [-0.25, -0.2) is 4.79 Å². The molecule has 0 unspecified atom stereocenters. The summed E-state index contributed by atoms with van der Waals surface area (Å²) < 4.78 is 0. The van der Waals surface area contributed by atoms with Crippen LogP contribution in [0.4, 0.5) is 10.5 Å². The van der Waals surface area contributed by atoms with Crippen LogP contribution in [0.2, 0.25) is 0 Å². The van der Waals surface area contributed by atoms with Crippen LogP contribution in [0.25, 0.3) is 0 Å². The Balaban J connectivity index is 1.99. The van der Waals surface area contributed by atoms with Crippen molar-refractivity contribution < 1.29 is 14.4 Å². The fourth-order valence-electron chi connectivity index (χ4n) is 2.03. The Hall–Kier alpha value is -2.41. The number of carbonyl (C=O) groups excluding carboxylic acids is 3. The molecule has 1 aromatic carbocycles. The summed E-state index contributed by atoms with van der Waals surface area (Å²) in [6.45, 7) is 0.700. The normalized spacial score (nSPS) is 14.2. The zero-order valence-corrected chi connectivity index (χ0v) is 11.6. The second-order valence-electron chi connectivity index (χ2n) is 4.78. The topological polar surface area (TPSA) is 105 Å². The molecule has 0 saturated carbocycles. The Morgan fingerprint density at radius 1 is 1.38 bits per heavy atom. The van der Waals surface area contributed by atoms with Crippen molar-refractivity contribution in [2.24, 2.45) is 5.73 Å². The van der Waals surface area contributed by atoms with Gasteiger partial charge in [0.05, 0.1) is 13.1 Å². The summed E-state index contributed by atoms with van der Waals surface area (Å²) in [5, 5.41) is 5.23. The number of anilines is 1. The number of carbonyl (C=O) groups is 3. The van der Waals surface area contributed by atoms with Crippen LogP contribution in [0.3, 0.4) is 0 Å². The maximum atomic E-state index is 11.6. The second-order valence-corrected chi connectivity index (χ2v) is 4.78. The Bertz CT molecular complexity index is 543. The lowest BCUT2D eigenvalue weighted by molar-refractivity contribution is -0.125. The molecule has 4 amide bonds. The minimum absolute atomic E-state index is 0.0361. The highest BCUT2D eigenvalue weighted by Crippen LogP contribution is 2.14. The van der Waals surface area contributed by atoms with Crippen molar-refractivity contribution in [1.82, 2.24) is 10.2 Å². The molecule has 0 bridgehead atoms. The van der Waals surface area contributed by atoms with E-state index in [0.717, 1.165) is 10.5 Å². The predicted octanol–water partition coefficient (Wildman–Crippen LogP) is 0.416. The molecule has 7 heteroatoms. The van der Waals surface area contributed by atoms with E-state index in [1.54, 1.807) is 24.3 Å². The first-order valence-corrected chi connectivity index (χ1v) is 6.77. The van der Waals surface area contributed by atoms with Crippen molar-refractivity contribution in [3.8, 4) is 0 Å². The van der Waals surface area contributed by atoms with E-state index in [-0.39, 0.29) is 24.9 Å². The summed E-state index contributed by atoms with van der Waals surface area (Å²) in [5.41, 5.74) is 6.77. The van der Waals surface area contributed by atoms with E-state index in [0.29, 0.717) is 25.1 Å². The molecule has 7 nitrogen and oxygen atoms in total. The van der Waals surface area contributed by atoms with Gasteiger partial charge < -0.3 is 16.4 Å². The molecule has 1 fully saturated rings. The summed E-state index contributed by atoms with van der Waals surface area (Å²) >= 11 is 0. The molecule has 0 aromatic heterocycles. The zero-order chi connectivity index (χ0) is 15.2. The minimum atomic E-state index is -0.391. The Kier molecular flexibility index (Phi) is 4.89. The van der Waals surface area contributed by atoms with Crippen LogP contribution in [-0.4, -0.2) is 35.8 Å². The molecule has 4 N–H and O–H groups in total. The van der Waals surface area contributed by atoms with Gasteiger partial charge >= 0.3 is 6.03 Å². The minimum Gasteiger partial charge on any atom is -0.330 e. The Morgan fingerprint density at radius 3 is 2.86 bits per heavy atom. The third-order valence-electron chi connectivity index (χ3n) is 3.10. The van der Waals surface area contributed by atoms with Gasteiger partial charge in [-0.05, 0) is 30.7 Å². The number of hydrogen-bond acceptors (Lipinski definition) is 4. The van der Waals surface area contributed by atoms with Crippen molar-refractivity contribution in [3.05, 3.63) is 29.8 Å². The summed E-state index contributed by atoms with van der Waals surface area (Å²) in [6, 6.07) is 6.69. The maximum absolute atomic E-state index is 11.6. The molecule has 112 valence electrons. The smallest absolute Gasteiger partial charge is 0.324 e. The van der Waals surface area contributed by atoms with E-state index in [9.17, 15) is 14.4 Å². The first kappa shape index (κ1) is 15.0. The second kappa shape index (κ2) is 6.85. The van der Waals surface area contributed by atoms with Gasteiger partial charge in [-0.3, -0.25) is 14.5 Å². The molecule has 0 aliphatic carbocycles. The van der Waals surface area contributed by atoms with Crippen LogP contribution < -0.4 is 16.4 Å². The molecule has 0 spiro atoms. The monoisotopic (exact) mass is 290 g/mol. The molecule has 1 heterocycles. The number of benzene rings is 1. The third kappa shape index (κ3) is 4.03. The third-order valence-corrected chi connectivity index (χ3v) is 3.10. The van der Waals surface area contributed by atoms with Crippen molar-refractivity contribution in [1.29, 1.82) is 0 Å². The van der Waals surface area contributed by atoms with Crippen LogP contribution in [0.1, 0.15) is 18.4 Å². The number of nitrogens with zero attached hydrogens (tertiary/aromatic N) is 1. The average molecular weight is 290 g/mol. The molecule has 0 radical (unpaired) electrons. The van der Waals surface area contributed by atoms with Gasteiger partial charge in [-0.2, -0.15) is 0 Å². The number of hydrogen-bond donors (Lipinski definition) is 3. The Labute approximate surface area is 122 Å². The van der Waals surface area contributed by atoms with Crippen LogP contribution in [0.15, 0.2) is 24.3 Å². The fraction of sp³-hybridized carbons (Fsp3) is 0.357. The Morgan fingerprint density at radius 2 is 2.19 bits per heavy atom. The first-order valence-electron chi connectivity index (χ1n) is 6.77. The van der Waals surface area contributed by atoms with E-state index in [4.69, 9.17) is 5.73 Å². The standard InChI is InChI=1S/C14H18N4O3/c15-6-2-5-12(19)17-11-4-1-3-10(7-11)9-18-13(20)8-16-14(18)21/h1,3-4,7H,2,5-6,8-9,15H2,(H,16,21)(H,17,19). The van der Waals surface area contributed by atoms with Crippen molar-refractivity contribution >= 4 is 23.5 Å². The van der Waals surface area contributed by atoms with Gasteiger partial charge in [0.25, 0.3) is 0 Å². The van der Waals surface area contributed by atoms with Crippen molar-refractivity contribution in [2.75, 3.05) is 18.4 Å². The number of amides is 4. The molecule has 1 aliphatic rings. The highest BCUT2D eigenvalue weighted by molar-refractivity contribution is 6.01. The maximum Gasteiger partial charge on any atom is 0.324 e. The summed E-state index contributed by atoms with van der Waals surface area (Å²) in [5.74, 6) is -0.357. The average Bonchev–Trinajstić information content (AvgIpc) is 2.77. The van der Waals surface area contributed by atoms with E-state index in [1.165, 1.54) is 0 Å². The summed E-state index contributed by atoms with van der Waals surface area (Å²) in [6.07, 6.45) is 1.00. The molecular weight excluding hydrogens is 272 g/mol. The van der Waals surface area contributed by atoms with Gasteiger partial charge in [-0.1, -0.05) is 12.1 Å². The molecule has 1 aliphatic heterocycles. The van der Waals surface area contributed by atoms with E-state index >= 15 is 0 Å². The SMILES string of the molecule is NCCCC(=O)Nc1cccc(CN2C(=O)CNC2=O)c1. The lowest BCUT2D eigenvalue weighted by Crippen LogP contribution is -2.30. The van der Waals surface area contributed by atoms with E-state index in [1.807, 2.05) is 0 Å². The summed E-state index contributed by atoms with van der Waals surface area (Å²) in [4.78, 5) is 35.8. The van der Waals surface area contributed by atoms with Crippen LogP contribution in [0.5, 0.6) is 0 Å². The number of nitrogens with two attached hydrogens (primary N) is 1. The predicted molar refractivity (Wildman–Crippen MR) is 77.3 cm³/mol. The van der Waals surface area contributed by atoms with Crippen LogP contribution in [-0.2, 0) is 16.1 Å². The zero-order valence-electron chi connectivity index (χ0n) is 11.6. The lowest BCUT2D eigenvalue weighted by Gasteiger charge is -2.13. The highest BCUT2D eigenvalue weighted by atomic mass is 16.2.